The largest absolute Gasteiger partial charge is 0.431 e. The third kappa shape index (κ3) is 2.78. The summed E-state index contributed by atoms with van der Waals surface area (Å²) < 4.78 is 37.1. The van der Waals surface area contributed by atoms with Gasteiger partial charge in [0.25, 0.3) is 11.5 Å². The van der Waals surface area contributed by atoms with E-state index in [-0.39, 0.29) is 18.7 Å². The van der Waals surface area contributed by atoms with Crippen molar-refractivity contribution in [2.45, 2.75) is 18.7 Å². The predicted octanol–water partition coefficient (Wildman–Crippen LogP) is 0.600. The number of nitrogens with zero attached hydrogens (tertiary/aromatic N) is 1. The number of aromatic nitrogens is 1. The van der Waals surface area contributed by atoms with Crippen LogP contribution in [-0.4, -0.2) is 40.1 Å². The summed E-state index contributed by atoms with van der Waals surface area (Å²) in [6.07, 6.45) is -4.92. The van der Waals surface area contributed by atoms with Crippen molar-refractivity contribution in [1.82, 2.24) is 9.88 Å². The van der Waals surface area contributed by atoms with Crippen LogP contribution in [0.2, 0.25) is 0 Å². The molecule has 1 amide bonds. The first-order valence-electron chi connectivity index (χ1n) is 5.57. The predicted molar refractivity (Wildman–Crippen MR) is 58.6 cm³/mol. The highest BCUT2D eigenvalue weighted by atomic mass is 19.4. The van der Waals surface area contributed by atoms with E-state index < -0.39 is 29.4 Å². The monoisotopic (exact) mass is 276 g/mol. The molecule has 0 aromatic carbocycles. The van der Waals surface area contributed by atoms with Crippen LogP contribution in [0.3, 0.4) is 0 Å². The number of amides is 1. The molecule has 1 aromatic heterocycles. The molecule has 0 radical (unpaired) electrons. The van der Waals surface area contributed by atoms with Crippen LogP contribution in [0, 0.1) is 0 Å². The summed E-state index contributed by atoms with van der Waals surface area (Å²) in [4.78, 5) is 26.3. The topological polar surface area (TPSA) is 73.4 Å². The molecule has 1 aliphatic heterocycles. The van der Waals surface area contributed by atoms with Gasteiger partial charge < -0.3 is 15.0 Å². The Kier molecular flexibility index (Phi) is 3.36. The highest BCUT2D eigenvalue weighted by molar-refractivity contribution is 5.94. The third-order valence-corrected chi connectivity index (χ3v) is 2.90. The van der Waals surface area contributed by atoms with Crippen LogP contribution in [0.15, 0.2) is 16.9 Å². The summed E-state index contributed by atoms with van der Waals surface area (Å²) in [5.41, 5.74) is -2.64. The Morgan fingerprint density at radius 3 is 2.58 bits per heavy atom. The molecule has 104 valence electrons. The molecule has 19 heavy (non-hydrogen) atoms. The van der Waals surface area contributed by atoms with Crippen LogP contribution in [0.5, 0.6) is 0 Å². The molecular formula is C11H11F3N2O3. The molecule has 0 spiro atoms. The Labute approximate surface area is 105 Å². The molecular weight excluding hydrogens is 265 g/mol. The van der Waals surface area contributed by atoms with Crippen LogP contribution in [0.25, 0.3) is 0 Å². The van der Waals surface area contributed by atoms with Gasteiger partial charge >= 0.3 is 6.18 Å². The zero-order valence-corrected chi connectivity index (χ0v) is 9.70. The number of halogens is 3. The molecule has 1 saturated heterocycles. The normalized spacial score (nSPS) is 19.8. The van der Waals surface area contributed by atoms with E-state index in [1.54, 1.807) is 4.98 Å². The average molecular weight is 276 g/mol. The van der Waals surface area contributed by atoms with Crippen LogP contribution >= 0.6 is 0 Å². The molecule has 8 heteroatoms. The first-order chi connectivity index (χ1) is 8.79. The van der Waals surface area contributed by atoms with Gasteiger partial charge in [0.1, 0.15) is 11.3 Å². The lowest BCUT2D eigenvalue weighted by atomic mass is 10.2. The molecule has 2 heterocycles. The van der Waals surface area contributed by atoms with Gasteiger partial charge in [-0.3, -0.25) is 9.59 Å². The fourth-order valence-electron chi connectivity index (χ4n) is 1.90. The van der Waals surface area contributed by atoms with Crippen molar-refractivity contribution in [2.75, 3.05) is 13.1 Å². The van der Waals surface area contributed by atoms with E-state index in [1.165, 1.54) is 4.90 Å². The van der Waals surface area contributed by atoms with Gasteiger partial charge in [0, 0.05) is 13.1 Å². The highest BCUT2D eigenvalue weighted by Gasteiger charge is 2.33. The maximum Gasteiger partial charge on any atom is 0.431 e. The second-order valence-electron chi connectivity index (χ2n) is 4.31. The summed E-state index contributed by atoms with van der Waals surface area (Å²) in [7, 11) is 0. The number of β-amino-alcohol motifs (C(OH)–C–C–N with tert-alkyl or cyclic N) is 1. The molecule has 0 aliphatic carbocycles. The lowest BCUT2D eigenvalue weighted by molar-refractivity contribution is -0.141. The number of aliphatic hydroxyl groups excluding tert-OH is 1. The number of aliphatic hydroxyl groups is 1. The number of alkyl halides is 3. The van der Waals surface area contributed by atoms with Crippen molar-refractivity contribution in [3.8, 4) is 0 Å². The molecule has 0 unspecified atom stereocenters. The molecule has 1 atom stereocenters. The average Bonchev–Trinajstić information content (AvgIpc) is 2.73. The van der Waals surface area contributed by atoms with Crippen molar-refractivity contribution in [3.05, 3.63) is 33.7 Å². The lowest BCUT2D eigenvalue weighted by Crippen LogP contribution is -2.34. The van der Waals surface area contributed by atoms with Crippen molar-refractivity contribution in [2.24, 2.45) is 0 Å². The molecule has 1 fully saturated rings. The van der Waals surface area contributed by atoms with Crippen LogP contribution in [-0.2, 0) is 6.18 Å². The van der Waals surface area contributed by atoms with Gasteiger partial charge in [-0.1, -0.05) is 0 Å². The Bertz CT molecular complexity index is 553. The molecule has 0 bridgehead atoms. The van der Waals surface area contributed by atoms with Gasteiger partial charge in [0.2, 0.25) is 0 Å². The minimum atomic E-state index is -4.66. The van der Waals surface area contributed by atoms with E-state index in [4.69, 9.17) is 0 Å². The SMILES string of the molecule is O=C(c1ccc(C(F)(F)F)[nH]c1=O)N1CC[C@H](O)C1. The third-order valence-electron chi connectivity index (χ3n) is 2.90. The van der Waals surface area contributed by atoms with Gasteiger partial charge in [-0.15, -0.1) is 0 Å². The fourth-order valence-corrected chi connectivity index (χ4v) is 1.90. The molecule has 1 aromatic rings. The Morgan fingerprint density at radius 1 is 1.42 bits per heavy atom. The number of carbonyl (C=O) groups is 1. The van der Waals surface area contributed by atoms with E-state index in [9.17, 15) is 27.9 Å². The standard InChI is InChI=1S/C11H11F3N2O3/c12-11(13,14)8-2-1-7(9(18)15-8)10(19)16-4-3-6(17)5-16/h1-2,6,17H,3-5H2,(H,15,18)/t6-/m0/s1. The maximum absolute atomic E-state index is 12.4. The summed E-state index contributed by atoms with van der Waals surface area (Å²) in [6, 6.07) is 1.51. The highest BCUT2D eigenvalue weighted by Crippen LogP contribution is 2.26. The number of hydrogen-bond acceptors (Lipinski definition) is 3. The maximum atomic E-state index is 12.4. The summed E-state index contributed by atoms with van der Waals surface area (Å²) >= 11 is 0. The van der Waals surface area contributed by atoms with E-state index in [0.29, 0.717) is 12.5 Å². The molecule has 5 nitrogen and oxygen atoms in total. The summed E-state index contributed by atoms with van der Waals surface area (Å²) in [6.45, 7) is 0.361. The van der Waals surface area contributed by atoms with E-state index in [0.717, 1.165) is 6.07 Å². The van der Waals surface area contributed by atoms with E-state index in [1.807, 2.05) is 0 Å². The Balaban J connectivity index is 2.27. The van der Waals surface area contributed by atoms with Crippen molar-refractivity contribution in [3.63, 3.8) is 0 Å². The van der Waals surface area contributed by atoms with Gasteiger partial charge in [0.15, 0.2) is 0 Å². The summed E-state index contributed by atoms with van der Waals surface area (Å²) in [5.74, 6) is -0.675. The number of carbonyl (C=O) groups excluding carboxylic acids is 1. The Hall–Kier alpha value is -1.83. The van der Waals surface area contributed by atoms with Crippen LogP contribution < -0.4 is 5.56 Å². The molecule has 1 aliphatic rings. The number of rotatable bonds is 1. The zero-order valence-electron chi connectivity index (χ0n) is 9.70. The second kappa shape index (κ2) is 4.69. The smallest absolute Gasteiger partial charge is 0.391 e. The zero-order chi connectivity index (χ0) is 14.2. The van der Waals surface area contributed by atoms with Crippen molar-refractivity contribution >= 4 is 5.91 Å². The minimum absolute atomic E-state index is 0.0826. The molecule has 2 N–H and O–H groups in total. The minimum Gasteiger partial charge on any atom is -0.391 e. The number of H-pyrrole nitrogens is 1. The van der Waals surface area contributed by atoms with Gasteiger partial charge in [0.05, 0.1) is 6.10 Å². The van der Waals surface area contributed by atoms with Gasteiger partial charge in [-0.2, -0.15) is 13.2 Å². The van der Waals surface area contributed by atoms with Crippen LogP contribution in [0.4, 0.5) is 13.2 Å². The first kappa shape index (κ1) is 13.6. The quantitative estimate of drug-likeness (QED) is 0.789. The molecule has 0 saturated carbocycles. The fraction of sp³-hybridized carbons (Fsp3) is 0.455. The lowest BCUT2D eigenvalue weighted by Gasteiger charge is -2.15. The summed E-state index contributed by atoms with van der Waals surface area (Å²) in [5, 5.41) is 9.29. The van der Waals surface area contributed by atoms with Gasteiger partial charge in [-0.05, 0) is 18.6 Å². The number of nitrogens with one attached hydrogen (secondary N) is 1. The van der Waals surface area contributed by atoms with E-state index >= 15 is 0 Å². The number of hydrogen-bond donors (Lipinski definition) is 2. The first-order valence-corrected chi connectivity index (χ1v) is 5.57. The van der Waals surface area contributed by atoms with Gasteiger partial charge in [-0.25, -0.2) is 0 Å². The van der Waals surface area contributed by atoms with Crippen molar-refractivity contribution < 1.29 is 23.1 Å². The number of aromatic amines is 1. The molecule has 2 rings (SSSR count). The van der Waals surface area contributed by atoms with Crippen molar-refractivity contribution in [1.29, 1.82) is 0 Å². The number of pyridine rings is 1. The number of likely N-dealkylation sites (tertiary alicyclic amines) is 1. The second-order valence-corrected chi connectivity index (χ2v) is 4.31. The van der Waals surface area contributed by atoms with Crippen LogP contribution in [0.1, 0.15) is 22.5 Å². The van der Waals surface area contributed by atoms with E-state index in [2.05, 4.69) is 0 Å². The Morgan fingerprint density at radius 2 is 2.11 bits per heavy atom.